The Morgan fingerprint density at radius 2 is 1.68 bits per heavy atom. The van der Waals surface area contributed by atoms with Crippen LogP contribution in [0.3, 0.4) is 0 Å². The van der Waals surface area contributed by atoms with Crippen LogP contribution in [0.2, 0.25) is 0 Å². The molecule has 0 heterocycles. The van der Waals surface area contributed by atoms with E-state index in [2.05, 4.69) is 25.9 Å². The van der Waals surface area contributed by atoms with Gasteiger partial charge in [0.25, 0.3) is 0 Å². The Labute approximate surface area is 226 Å². The van der Waals surface area contributed by atoms with Crippen molar-refractivity contribution >= 4 is 36.1 Å². The molecule has 0 fully saturated rings. The lowest BCUT2D eigenvalue weighted by Gasteiger charge is -2.26. The number of alkyl carbamates (subject to hydrolysis) is 1. The second-order valence-electron chi connectivity index (χ2n) is 10.0. The number of unbranched alkanes of at least 4 members (excludes halogenated alkanes) is 1. The molecule has 3 amide bonds. The van der Waals surface area contributed by atoms with Crippen LogP contribution in [0.5, 0.6) is 0 Å². The molecule has 38 heavy (non-hydrogen) atoms. The maximum absolute atomic E-state index is 12.8. The second kappa shape index (κ2) is 17.8. The lowest BCUT2D eigenvalue weighted by Crippen LogP contribution is -2.50. The van der Waals surface area contributed by atoms with Crippen molar-refractivity contribution in [1.82, 2.24) is 25.8 Å². The van der Waals surface area contributed by atoms with Crippen LogP contribution in [-0.2, 0) is 19.1 Å². The number of carbonyl (C=O) groups excluding carboxylic acids is 4. The van der Waals surface area contributed by atoms with E-state index in [9.17, 15) is 19.2 Å². The highest BCUT2D eigenvalue weighted by Gasteiger charge is 2.25. The average Bonchev–Trinajstić information content (AvgIpc) is 2.80. The molecule has 0 saturated carbocycles. The van der Waals surface area contributed by atoms with Gasteiger partial charge < -0.3 is 46.7 Å². The van der Waals surface area contributed by atoms with E-state index in [-0.39, 0.29) is 12.5 Å². The third-order valence-electron chi connectivity index (χ3n) is 5.09. The van der Waals surface area contributed by atoms with Gasteiger partial charge in [-0.25, -0.2) is 4.79 Å². The molecule has 0 aromatic carbocycles. The number of hydrogen-bond acceptors (Lipinski definition) is 7. The minimum Gasteiger partial charge on any atom is -0.444 e. The van der Waals surface area contributed by atoms with Crippen molar-refractivity contribution < 1.29 is 23.9 Å². The van der Waals surface area contributed by atoms with Crippen LogP contribution in [0.25, 0.3) is 0 Å². The monoisotopic (exact) mass is 541 g/mol. The molecule has 0 aliphatic carbocycles. The van der Waals surface area contributed by atoms with E-state index in [4.69, 9.17) is 16.2 Å². The van der Waals surface area contributed by atoms with Crippen molar-refractivity contribution in [3.05, 3.63) is 0 Å². The van der Waals surface area contributed by atoms with Gasteiger partial charge in [0.2, 0.25) is 11.8 Å². The first-order chi connectivity index (χ1) is 17.7. The molecule has 7 N–H and O–H groups in total. The number of ether oxygens (including phenoxy) is 1. The minimum absolute atomic E-state index is 0.0471. The van der Waals surface area contributed by atoms with Crippen LogP contribution < -0.4 is 27.4 Å². The standard InChI is InChI=1S/C24H47N9O5/c1-24(2,3)38-23(37)31-18(12-8-9-14-33(7)22(27-4)32(5)6)20(36)29-15-19(35)30-17(16-34)11-10-13-28-21(25)26/h16-18H,8-15H2,1-7H3,(H,29,36)(H,30,35)(H,31,37)(H4,25,26,28)/t17?,18-/m0/s1. The quantitative estimate of drug-likeness (QED) is 0.0776. The van der Waals surface area contributed by atoms with Crippen LogP contribution in [0.1, 0.15) is 52.9 Å². The van der Waals surface area contributed by atoms with Gasteiger partial charge in [-0.2, -0.15) is 0 Å². The summed E-state index contributed by atoms with van der Waals surface area (Å²) in [7, 11) is 7.46. The average molecular weight is 542 g/mol. The molecule has 0 aromatic heterocycles. The SMILES string of the molecule is CN=C(N(C)C)N(C)CCCC[C@H](NC(=O)OC(C)(C)C)C(=O)NCC(=O)NC(C=O)CCCN=C(N)N. The number of nitrogens with one attached hydrogen (secondary N) is 3. The summed E-state index contributed by atoms with van der Waals surface area (Å²) < 4.78 is 5.29. The molecular formula is C24H47N9O5. The summed E-state index contributed by atoms with van der Waals surface area (Å²) in [5.41, 5.74) is 9.79. The zero-order valence-corrected chi connectivity index (χ0v) is 23.9. The van der Waals surface area contributed by atoms with E-state index in [0.717, 1.165) is 12.4 Å². The maximum Gasteiger partial charge on any atom is 0.408 e. The molecule has 2 atom stereocenters. The maximum atomic E-state index is 12.8. The number of guanidine groups is 2. The lowest BCUT2D eigenvalue weighted by molar-refractivity contribution is -0.128. The number of amides is 3. The van der Waals surface area contributed by atoms with Gasteiger partial charge in [-0.3, -0.25) is 19.6 Å². The van der Waals surface area contributed by atoms with E-state index in [1.807, 2.05) is 30.9 Å². The van der Waals surface area contributed by atoms with E-state index in [1.54, 1.807) is 27.8 Å². The van der Waals surface area contributed by atoms with Gasteiger partial charge in [0.05, 0.1) is 12.6 Å². The summed E-state index contributed by atoms with van der Waals surface area (Å²) in [5.74, 6) is -0.292. The summed E-state index contributed by atoms with van der Waals surface area (Å²) in [6, 6.07) is -1.64. The lowest BCUT2D eigenvalue weighted by atomic mass is 10.1. The Balaban J connectivity index is 4.95. The molecule has 0 aliphatic heterocycles. The van der Waals surface area contributed by atoms with Crippen LogP contribution in [0.15, 0.2) is 9.98 Å². The van der Waals surface area contributed by atoms with Gasteiger partial charge in [-0.1, -0.05) is 0 Å². The molecule has 0 radical (unpaired) electrons. The Bertz CT molecular complexity index is 821. The number of hydrogen-bond donors (Lipinski definition) is 5. The van der Waals surface area contributed by atoms with E-state index in [0.29, 0.717) is 45.1 Å². The second-order valence-corrected chi connectivity index (χ2v) is 10.0. The highest BCUT2D eigenvalue weighted by molar-refractivity contribution is 5.90. The predicted octanol–water partition coefficient (Wildman–Crippen LogP) is -0.617. The van der Waals surface area contributed by atoms with Gasteiger partial charge >= 0.3 is 6.09 Å². The Morgan fingerprint density at radius 1 is 1.03 bits per heavy atom. The number of nitrogens with zero attached hydrogens (tertiary/aromatic N) is 4. The number of aldehydes is 1. The summed E-state index contributed by atoms with van der Waals surface area (Å²) in [6.45, 7) is 5.84. The zero-order chi connectivity index (χ0) is 29.3. The molecule has 0 aliphatic rings. The first-order valence-corrected chi connectivity index (χ1v) is 12.6. The van der Waals surface area contributed by atoms with E-state index >= 15 is 0 Å². The molecule has 0 rings (SSSR count). The van der Waals surface area contributed by atoms with Crippen LogP contribution in [0.4, 0.5) is 4.79 Å². The van der Waals surface area contributed by atoms with Gasteiger partial charge in [0, 0.05) is 41.3 Å². The first kappa shape index (κ1) is 34.4. The molecule has 0 aromatic rings. The largest absolute Gasteiger partial charge is 0.444 e. The third-order valence-corrected chi connectivity index (χ3v) is 5.09. The number of nitrogens with two attached hydrogens (primary N) is 2. The first-order valence-electron chi connectivity index (χ1n) is 12.6. The highest BCUT2D eigenvalue weighted by Crippen LogP contribution is 2.09. The Kier molecular flexibility index (Phi) is 16.1. The molecule has 1 unspecified atom stereocenters. The van der Waals surface area contributed by atoms with Crippen molar-refractivity contribution in [3.63, 3.8) is 0 Å². The van der Waals surface area contributed by atoms with Crippen LogP contribution >= 0.6 is 0 Å². The fraction of sp³-hybridized carbons (Fsp3) is 0.750. The molecule has 0 spiro atoms. The fourth-order valence-electron chi connectivity index (χ4n) is 3.47. The van der Waals surface area contributed by atoms with Crippen molar-refractivity contribution in [2.75, 3.05) is 47.8 Å². The van der Waals surface area contributed by atoms with E-state index < -0.39 is 35.6 Å². The molecule has 14 nitrogen and oxygen atoms in total. The fourth-order valence-corrected chi connectivity index (χ4v) is 3.47. The van der Waals surface area contributed by atoms with E-state index in [1.165, 1.54) is 0 Å². The predicted molar refractivity (Wildman–Crippen MR) is 148 cm³/mol. The summed E-state index contributed by atoms with van der Waals surface area (Å²) >= 11 is 0. The van der Waals surface area contributed by atoms with Crippen LogP contribution in [0, 0.1) is 0 Å². The summed E-state index contributed by atoms with van der Waals surface area (Å²) in [6.07, 6.45) is 2.42. The number of aliphatic imine (C=N–C) groups is 2. The van der Waals surface area contributed by atoms with Crippen molar-refractivity contribution in [2.45, 2.75) is 70.6 Å². The molecule has 0 bridgehead atoms. The van der Waals surface area contributed by atoms with Gasteiger partial charge in [-0.05, 0) is 52.9 Å². The smallest absolute Gasteiger partial charge is 0.408 e. The van der Waals surface area contributed by atoms with Crippen molar-refractivity contribution in [1.29, 1.82) is 0 Å². The normalized spacial score (nSPS) is 13.0. The molecule has 0 saturated heterocycles. The van der Waals surface area contributed by atoms with Gasteiger partial charge in [-0.15, -0.1) is 0 Å². The van der Waals surface area contributed by atoms with Crippen molar-refractivity contribution in [2.24, 2.45) is 21.5 Å². The van der Waals surface area contributed by atoms with Crippen LogP contribution in [-0.4, -0.2) is 111 Å². The molecular weight excluding hydrogens is 494 g/mol. The van der Waals surface area contributed by atoms with Gasteiger partial charge in [0.1, 0.15) is 17.9 Å². The summed E-state index contributed by atoms with van der Waals surface area (Å²) in [4.78, 5) is 60.7. The summed E-state index contributed by atoms with van der Waals surface area (Å²) in [5, 5.41) is 7.66. The minimum atomic E-state index is -0.905. The highest BCUT2D eigenvalue weighted by atomic mass is 16.6. The van der Waals surface area contributed by atoms with Gasteiger partial charge in [0.15, 0.2) is 11.9 Å². The zero-order valence-electron chi connectivity index (χ0n) is 23.9. The third kappa shape index (κ3) is 16.2. The molecule has 14 heteroatoms. The Morgan fingerprint density at radius 3 is 2.21 bits per heavy atom. The number of carbonyl (C=O) groups is 4. The number of rotatable bonds is 15. The Hall–Kier alpha value is -3.58. The van der Waals surface area contributed by atoms with Crippen molar-refractivity contribution in [3.8, 4) is 0 Å². The molecule has 218 valence electrons. The topological polar surface area (TPSA) is 197 Å².